The molecule has 5 N–H and O–H groups in total. The van der Waals surface area contributed by atoms with Crippen molar-refractivity contribution < 1.29 is 44.2 Å². The largest absolute Gasteiger partial charge is 0.491 e. The van der Waals surface area contributed by atoms with Crippen molar-refractivity contribution in [1.29, 1.82) is 0 Å². The molecule has 10 nitrogen and oxygen atoms in total. The summed E-state index contributed by atoms with van der Waals surface area (Å²) in [5, 5.41) is 38.5. The third kappa shape index (κ3) is 12.3. The van der Waals surface area contributed by atoms with Crippen LogP contribution in [0.4, 0.5) is 5.69 Å². The van der Waals surface area contributed by atoms with Gasteiger partial charge < -0.3 is 40.0 Å². The van der Waals surface area contributed by atoms with Crippen LogP contribution < -0.4 is 19.5 Å². The van der Waals surface area contributed by atoms with E-state index in [2.05, 4.69) is 5.32 Å². The average molecular weight is 564 g/mol. The van der Waals surface area contributed by atoms with E-state index in [1.54, 1.807) is 48.5 Å². The number of carbonyl (C=O) groups is 2. The molecule has 0 aliphatic rings. The number of aliphatic hydroxyl groups excluding tert-OH is 4. The van der Waals surface area contributed by atoms with Crippen molar-refractivity contribution in [2.75, 3.05) is 31.7 Å². The molecule has 0 radical (unpaired) electrons. The minimum atomic E-state index is -0.905. The minimum Gasteiger partial charge on any atom is -0.491 e. The third-order valence-electron chi connectivity index (χ3n) is 6.39. The number of amides is 1. The second-order valence-electron chi connectivity index (χ2n) is 10.6. The van der Waals surface area contributed by atoms with Crippen LogP contribution in [0.1, 0.15) is 54.4 Å². The highest BCUT2D eigenvalue weighted by Crippen LogP contribution is 2.25. The average Bonchev–Trinajstić information content (AvgIpc) is 2.96. The van der Waals surface area contributed by atoms with E-state index in [-0.39, 0.29) is 38.3 Å². The standard InChI is InChI=1S/C15H23NO4.C15H22O5/c1-4-15(2,3)14(19)16-11-5-7-13(8-6-11)20-10-12(18)9-17;1-4-15(2,3)14(18)20-13-7-5-12(6-8-13)19-10-11(17)9-16/h5-8,12,17-18H,4,9-10H2,1-3H3,(H,16,19);5-8,11,16-17H,4,9-10H2,1-3H3. The van der Waals surface area contributed by atoms with E-state index in [1.807, 2.05) is 41.5 Å². The molecular formula is C30H45NO9. The van der Waals surface area contributed by atoms with Gasteiger partial charge in [0.15, 0.2) is 0 Å². The van der Waals surface area contributed by atoms with Crippen molar-refractivity contribution in [3.8, 4) is 17.2 Å². The predicted octanol–water partition coefficient (Wildman–Crippen LogP) is 3.55. The Morgan fingerprint density at radius 1 is 0.725 bits per heavy atom. The molecule has 0 aromatic heterocycles. The zero-order valence-corrected chi connectivity index (χ0v) is 24.3. The number of ether oxygens (including phenoxy) is 3. The first-order valence-corrected chi connectivity index (χ1v) is 13.3. The lowest BCUT2D eigenvalue weighted by atomic mass is 9.89. The maximum atomic E-state index is 12.0. The van der Waals surface area contributed by atoms with Gasteiger partial charge in [-0.15, -0.1) is 0 Å². The molecule has 0 aliphatic carbocycles. The monoisotopic (exact) mass is 563 g/mol. The molecule has 0 heterocycles. The van der Waals surface area contributed by atoms with Crippen molar-refractivity contribution in [2.45, 2.75) is 66.6 Å². The number of aliphatic hydroxyl groups is 4. The van der Waals surface area contributed by atoms with Gasteiger partial charge in [0, 0.05) is 11.1 Å². The molecule has 0 aliphatic heterocycles. The van der Waals surface area contributed by atoms with Gasteiger partial charge in [-0.2, -0.15) is 0 Å². The zero-order chi connectivity index (χ0) is 30.3. The number of hydrogen-bond donors (Lipinski definition) is 5. The van der Waals surface area contributed by atoms with E-state index in [4.69, 9.17) is 29.5 Å². The van der Waals surface area contributed by atoms with E-state index in [0.717, 1.165) is 6.42 Å². The van der Waals surface area contributed by atoms with Crippen LogP contribution >= 0.6 is 0 Å². The van der Waals surface area contributed by atoms with Crippen LogP contribution in [0.5, 0.6) is 17.2 Å². The molecule has 2 rings (SSSR count). The van der Waals surface area contributed by atoms with Gasteiger partial charge in [-0.1, -0.05) is 27.7 Å². The lowest BCUT2D eigenvalue weighted by molar-refractivity contribution is -0.144. The molecule has 40 heavy (non-hydrogen) atoms. The first kappa shape index (κ1) is 34.8. The Labute approximate surface area is 236 Å². The third-order valence-corrected chi connectivity index (χ3v) is 6.39. The number of benzene rings is 2. The maximum absolute atomic E-state index is 12.0. The highest BCUT2D eigenvalue weighted by molar-refractivity contribution is 5.94. The fourth-order valence-corrected chi connectivity index (χ4v) is 2.58. The normalized spacial score (nSPS) is 12.8. The van der Waals surface area contributed by atoms with Crippen LogP contribution in [0.15, 0.2) is 48.5 Å². The first-order chi connectivity index (χ1) is 18.8. The van der Waals surface area contributed by atoms with Gasteiger partial charge in [-0.05, 0) is 75.2 Å². The number of carbonyl (C=O) groups excluding carboxylic acids is 2. The molecule has 2 unspecified atom stereocenters. The van der Waals surface area contributed by atoms with E-state index < -0.39 is 23.0 Å². The number of hydrogen-bond acceptors (Lipinski definition) is 9. The highest BCUT2D eigenvalue weighted by Gasteiger charge is 2.27. The molecule has 0 saturated carbocycles. The lowest BCUT2D eigenvalue weighted by Gasteiger charge is -2.21. The molecule has 2 atom stereocenters. The number of rotatable bonds is 14. The predicted molar refractivity (Wildman–Crippen MR) is 152 cm³/mol. The highest BCUT2D eigenvalue weighted by atomic mass is 16.5. The van der Waals surface area contributed by atoms with Crippen molar-refractivity contribution >= 4 is 17.6 Å². The summed E-state index contributed by atoms with van der Waals surface area (Å²) in [4.78, 5) is 23.9. The Morgan fingerprint density at radius 2 is 1.12 bits per heavy atom. The molecule has 0 fully saturated rings. The van der Waals surface area contributed by atoms with Gasteiger partial charge in [0.1, 0.15) is 42.7 Å². The van der Waals surface area contributed by atoms with Gasteiger partial charge >= 0.3 is 5.97 Å². The number of nitrogens with one attached hydrogen (secondary N) is 1. The quantitative estimate of drug-likeness (QED) is 0.171. The Kier molecular flexibility index (Phi) is 14.6. The summed E-state index contributed by atoms with van der Waals surface area (Å²) >= 11 is 0. The van der Waals surface area contributed by atoms with Crippen LogP contribution in [0.3, 0.4) is 0 Å². The zero-order valence-electron chi connectivity index (χ0n) is 24.3. The van der Waals surface area contributed by atoms with Crippen LogP contribution in [0, 0.1) is 10.8 Å². The Balaban J connectivity index is 0.000000400. The van der Waals surface area contributed by atoms with Crippen LogP contribution in [-0.2, 0) is 9.59 Å². The Hall–Kier alpha value is -3.18. The first-order valence-electron chi connectivity index (χ1n) is 13.3. The fourth-order valence-electron chi connectivity index (χ4n) is 2.58. The summed E-state index contributed by atoms with van der Waals surface area (Å²) in [5.41, 5.74) is -0.215. The van der Waals surface area contributed by atoms with Gasteiger partial charge in [0.05, 0.1) is 18.6 Å². The van der Waals surface area contributed by atoms with Crippen molar-refractivity contribution in [3.05, 3.63) is 48.5 Å². The molecule has 224 valence electrons. The molecule has 1 amide bonds. The van der Waals surface area contributed by atoms with Crippen molar-refractivity contribution in [2.24, 2.45) is 10.8 Å². The Bertz CT molecular complexity index is 937. The maximum Gasteiger partial charge on any atom is 0.316 e. The number of anilines is 1. The van der Waals surface area contributed by atoms with Crippen molar-refractivity contribution in [1.82, 2.24) is 0 Å². The van der Waals surface area contributed by atoms with Gasteiger partial charge in [-0.25, -0.2) is 0 Å². The molecule has 0 spiro atoms. The summed E-state index contributed by atoms with van der Waals surface area (Å²) in [7, 11) is 0. The Morgan fingerprint density at radius 3 is 1.52 bits per heavy atom. The van der Waals surface area contributed by atoms with Gasteiger partial charge in [-0.3, -0.25) is 9.59 Å². The van der Waals surface area contributed by atoms with Gasteiger partial charge in [0.25, 0.3) is 0 Å². The smallest absolute Gasteiger partial charge is 0.316 e. The van der Waals surface area contributed by atoms with Gasteiger partial charge in [0.2, 0.25) is 5.91 Å². The molecule has 2 aromatic carbocycles. The van der Waals surface area contributed by atoms with Crippen LogP contribution in [0.25, 0.3) is 0 Å². The SMILES string of the molecule is CCC(C)(C)C(=O)Nc1ccc(OCC(O)CO)cc1.CCC(C)(C)C(=O)Oc1ccc(OCC(O)CO)cc1. The molecule has 0 saturated heterocycles. The number of esters is 1. The molecule has 10 heteroatoms. The summed E-state index contributed by atoms with van der Waals surface area (Å²) in [6.45, 7) is 10.7. The topological polar surface area (TPSA) is 155 Å². The molecular weight excluding hydrogens is 518 g/mol. The van der Waals surface area contributed by atoms with E-state index in [9.17, 15) is 14.7 Å². The summed E-state index contributed by atoms with van der Waals surface area (Å²) < 4.78 is 15.8. The molecule has 2 aromatic rings. The van der Waals surface area contributed by atoms with E-state index in [0.29, 0.717) is 29.4 Å². The lowest BCUT2D eigenvalue weighted by Crippen LogP contribution is -2.29. The summed E-state index contributed by atoms with van der Waals surface area (Å²) in [6.07, 6.45) is -0.330. The summed E-state index contributed by atoms with van der Waals surface area (Å²) in [6, 6.07) is 13.4. The second kappa shape index (κ2) is 16.8. The van der Waals surface area contributed by atoms with E-state index in [1.165, 1.54) is 0 Å². The minimum absolute atomic E-state index is 0.0124. The molecule has 0 bridgehead atoms. The fraction of sp³-hybridized carbons (Fsp3) is 0.533. The summed E-state index contributed by atoms with van der Waals surface area (Å²) in [5.74, 6) is 1.26. The van der Waals surface area contributed by atoms with Crippen LogP contribution in [-0.4, -0.2) is 70.9 Å². The van der Waals surface area contributed by atoms with E-state index >= 15 is 0 Å². The van der Waals surface area contributed by atoms with Crippen LogP contribution in [0.2, 0.25) is 0 Å². The van der Waals surface area contributed by atoms with Crippen molar-refractivity contribution in [3.63, 3.8) is 0 Å². The second-order valence-corrected chi connectivity index (χ2v) is 10.6.